The zero-order chi connectivity index (χ0) is 21.4. The number of thiazole rings is 1. The molecular weight excluding hydrogens is 443 g/mol. The third-order valence-corrected chi connectivity index (χ3v) is 6.49. The van der Waals surface area contributed by atoms with Crippen molar-refractivity contribution in [3.05, 3.63) is 101 Å². The van der Waals surface area contributed by atoms with Crippen LogP contribution in [0.2, 0.25) is 10.0 Å². The number of allylic oxidation sites excluding steroid dienone is 1. The van der Waals surface area contributed by atoms with E-state index >= 15 is 0 Å². The molecule has 0 radical (unpaired) electrons. The smallest absolute Gasteiger partial charge is 0.338 e. The predicted octanol–water partition coefficient (Wildman–Crippen LogP) is 3.72. The third-order valence-electron chi connectivity index (χ3n) is 4.82. The fourth-order valence-corrected chi connectivity index (χ4v) is 4.88. The summed E-state index contributed by atoms with van der Waals surface area (Å²) in [6, 6.07) is 13.6. The van der Waals surface area contributed by atoms with Crippen LogP contribution in [0, 0.1) is 0 Å². The largest absolute Gasteiger partial charge is 0.466 e. The average molecular weight is 459 g/mol. The van der Waals surface area contributed by atoms with Gasteiger partial charge in [-0.2, -0.15) is 0 Å². The maximum Gasteiger partial charge on any atom is 0.338 e. The lowest BCUT2D eigenvalue weighted by atomic mass is 9.96. The molecule has 1 aliphatic rings. The Morgan fingerprint density at radius 3 is 2.47 bits per heavy atom. The molecule has 1 atom stereocenters. The Kier molecular flexibility index (Phi) is 5.64. The highest BCUT2D eigenvalue weighted by Crippen LogP contribution is 2.34. The molecule has 30 heavy (non-hydrogen) atoms. The summed E-state index contributed by atoms with van der Waals surface area (Å²) in [5.41, 5.74) is 1.83. The number of hydrogen-bond acceptors (Lipinski definition) is 5. The van der Waals surface area contributed by atoms with Crippen LogP contribution in [0.3, 0.4) is 0 Å². The number of esters is 1. The van der Waals surface area contributed by atoms with Crippen LogP contribution in [-0.4, -0.2) is 17.6 Å². The van der Waals surface area contributed by atoms with Crippen molar-refractivity contribution in [2.75, 3.05) is 7.11 Å². The fourth-order valence-electron chi connectivity index (χ4n) is 3.42. The van der Waals surface area contributed by atoms with Crippen LogP contribution in [0.25, 0.3) is 6.08 Å². The number of ether oxygens (including phenoxy) is 1. The zero-order valence-corrected chi connectivity index (χ0v) is 18.4. The summed E-state index contributed by atoms with van der Waals surface area (Å²) in [5.74, 6) is -0.554. The molecule has 0 spiro atoms. The molecule has 5 nitrogen and oxygen atoms in total. The van der Waals surface area contributed by atoms with Gasteiger partial charge in [-0.3, -0.25) is 9.36 Å². The van der Waals surface area contributed by atoms with Gasteiger partial charge in [0.05, 0.1) is 22.9 Å². The SMILES string of the molecule is COC(=O)C1=C(C)N=c2s/c(=C/c3ccccc3Cl)c(=O)n2C1c1ccccc1Cl. The van der Waals surface area contributed by atoms with Gasteiger partial charge in [-0.25, -0.2) is 9.79 Å². The fraction of sp³-hybridized carbons (Fsp3) is 0.136. The molecule has 1 unspecified atom stereocenters. The number of carbonyl (C=O) groups is 1. The lowest BCUT2D eigenvalue weighted by molar-refractivity contribution is -0.136. The summed E-state index contributed by atoms with van der Waals surface area (Å²) >= 11 is 13.9. The van der Waals surface area contributed by atoms with Crippen molar-refractivity contribution in [2.24, 2.45) is 4.99 Å². The topological polar surface area (TPSA) is 60.7 Å². The second-order valence-corrected chi connectivity index (χ2v) is 8.44. The van der Waals surface area contributed by atoms with Crippen molar-refractivity contribution < 1.29 is 9.53 Å². The number of carbonyl (C=O) groups excluding carboxylic acids is 1. The first kappa shape index (κ1) is 20.6. The monoisotopic (exact) mass is 458 g/mol. The summed E-state index contributed by atoms with van der Waals surface area (Å²) in [7, 11) is 1.30. The number of nitrogens with zero attached hydrogens (tertiary/aromatic N) is 2. The Labute approximate surface area is 186 Å². The van der Waals surface area contributed by atoms with Crippen LogP contribution in [0.5, 0.6) is 0 Å². The van der Waals surface area contributed by atoms with Gasteiger partial charge >= 0.3 is 5.97 Å². The second kappa shape index (κ2) is 8.22. The van der Waals surface area contributed by atoms with Gasteiger partial charge in [-0.05, 0) is 36.3 Å². The standard InChI is InChI=1S/C22H16Cl2N2O3S/c1-12-18(21(28)29-2)19(14-8-4-6-10-16(14)24)26-20(27)17(30-22(26)25-12)11-13-7-3-5-9-15(13)23/h3-11,19H,1-2H3/b17-11+. The van der Waals surface area contributed by atoms with Crippen molar-refractivity contribution in [1.82, 2.24) is 4.57 Å². The first-order valence-electron chi connectivity index (χ1n) is 9.02. The van der Waals surface area contributed by atoms with Gasteiger partial charge in [0.25, 0.3) is 5.56 Å². The van der Waals surface area contributed by atoms with Crippen LogP contribution in [0.15, 0.2) is 69.6 Å². The minimum atomic E-state index is -0.740. The van der Waals surface area contributed by atoms with E-state index in [1.807, 2.05) is 24.3 Å². The number of halogens is 2. The van der Waals surface area contributed by atoms with E-state index in [0.29, 0.717) is 30.6 Å². The van der Waals surface area contributed by atoms with Crippen LogP contribution in [0.1, 0.15) is 24.1 Å². The third kappa shape index (κ3) is 3.51. The minimum Gasteiger partial charge on any atom is -0.466 e. The highest BCUT2D eigenvalue weighted by Gasteiger charge is 2.34. The molecular formula is C22H16Cl2N2O3S. The van der Waals surface area contributed by atoms with Crippen LogP contribution < -0.4 is 14.9 Å². The summed E-state index contributed by atoms with van der Waals surface area (Å²) < 4.78 is 6.94. The van der Waals surface area contributed by atoms with E-state index in [2.05, 4.69) is 4.99 Å². The highest BCUT2D eigenvalue weighted by atomic mass is 35.5. The molecule has 0 bridgehead atoms. The van der Waals surface area contributed by atoms with Crippen LogP contribution in [-0.2, 0) is 9.53 Å². The number of benzene rings is 2. The van der Waals surface area contributed by atoms with Gasteiger partial charge in [-0.15, -0.1) is 0 Å². The molecule has 4 rings (SSSR count). The number of fused-ring (bicyclic) bond motifs is 1. The first-order valence-corrected chi connectivity index (χ1v) is 10.6. The Morgan fingerprint density at radius 1 is 1.13 bits per heavy atom. The molecule has 0 saturated carbocycles. The Hall–Kier alpha value is -2.67. The number of methoxy groups -OCH3 is 1. The van der Waals surface area contributed by atoms with E-state index in [4.69, 9.17) is 27.9 Å². The van der Waals surface area contributed by atoms with Crippen molar-refractivity contribution in [1.29, 1.82) is 0 Å². The second-order valence-electron chi connectivity index (χ2n) is 6.62. The van der Waals surface area contributed by atoms with Gasteiger partial charge in [0.2, 0.25) is 0 Å². The quantitative estimate of drug-likeness (QED) is 0.561. The molecule has 0 N–H and O–H groups in total. The minimum absolute atomic E-state index is 0.280. The van der Waals surface area contributed by atoms with Crippen molar-refractivity contribution >= 4 is 46.6 Å². The zero-order valence-electron chi connectivity index (χ0n) is 16.1. The number of aromatic nitrogens is 1. The van der Waals surface area contributed by atoms with E-state index in [0.717, 1.165) is 5.56 Å². The average Bonchev–Trinajstić information content (AvgIpc) is 3.03. The number of hydrogen-bond donors (Lipinski definition) is 0. The molecule has 1 aromatic heterocycles. The van der Waals surface area contributed by atoms with E-state index in [-0.39, 0.29) is 11.1 Å². The predicted molar refractivity (Wildman–Crippen MR) is 119 cm³/mol. The molecule has 2 heterocycles. The molecule has 0 fully saturated rings. The normalized spacial score (nSPS) is 16.3. The van der Waals surface area contributed by atoms with Crippen LogP contribution >= 0.6 is 34.5 Å². The van der Waals surface area contributed by atoms with Crippen molar-refractivity contribution in [3.63, 3.8) is 0 Å². The summed E-state index contributed by atoms with van der Waals surface area (Å²) in [6.07, 6.45) is 1.73. The maximum atomic E-state index is 13.4. The van der Waals surface area contributed by atoms with Gasteiger partial charge in [0.1, 0.15) is 6.04 Å². The summed E-state index contributed by atoms with van der Waals surface area (Å²) in [5, 5.41) is 0.983. The molecule has 0 amide bonds. The molecule has 2 aromatic carbocycles. The van der Waals surface area contributed by atoms with Gasteiger partial charge in [0, 0.05) is 10.0 Å². The van der Waals surface area contributed by atoms with E-state index in [9.17, 15) is 9.59 Å². The Balaban J connectivity index is 2.03. The molecule has 0 aliphatic carbocycles. The summed E-state index contributed by atoms with van der Waals surface area (Å²) in [6.45, 7) is 1.72. The van der Waals surface area contributed by atoms with E-state index < -0.39 is 12.0 Å². The lowest BCUT2D eigenvalue weighted by Gasteiger charge is -2.25. The van der Waals surface area contributed by atoms with Crippen molar-refractivity contribution in [2.45, 2.75) is 13.0 Å². The molecule has 1 aliphatic heterocycles. The molecule has 8 heteroatoms. The van der Waals surface area contributed by atoms with Gasteiger partial charge in [0.15, 0.2) is 4.80 Å². The molecule has 3 aromatic rings. The van der Waals surface area contributed by atoms with Gasteiger partial charge < -0.3 is 4.74 Å². The maximum absolute atomic E-state index is 13.4. The lowest BCUT2D eigenvalue weighted by Crippen LogP contribution is -2.39. The Morgan fingerprint density at radius 2 is 1.80 bits per heavy atom. The summed E-state index contributed by atoms with van der Waals surface area (Å²) in [4.78, 5) is 31.0. The van der Waals surface area contributed by atoms with Crippen LogP contribution in [0.4, 0.5) is 0 Å². The number of rotatable bonds is 3. The Bertz CT molecular complexity index is 1370. The van der Waals surface area contributed by atoms with E-state index in [1.165, 1.54) is 23.0 Å². The van der Waals surface area contributed by atoms with Gasteiger partial charge in [-0.1, -0.05) is 70.9 Å². The molecule has 0 saturated heterocycles. The first-order chi connectivity index (χ1) is 14.4. The van der Waals surface area contributed by atoms with E-state index in [1.54, 1.807) is 37.3 Å². The van der Waals surface area contributed by atoms with Crippen molar-refractivity contribution in [3.8, 4) is 0 Å². The molecule has 152 valence electrons. The highest BCUT2D eigenvalue weighted by molar-refractivity contribution is 7.07.